The van der Waals surface area contributed by atoms with Crippen molar-refractivity contribution in [3.63, 3.8) is 0 Å². The molecule has 1 N–H and O–H groups in total. The van der Waals surface area contributed by atoms with Gasteiger partial charge in [-0.15, -0.1) is 0 Å². The molecule has 1 aliphatic heterocycles. The molecule has 35 heavy (non-hydrogen) atoms. The van der Waals surface area contributed by atoms with Crippen LogP contribution in [0.25, 0.3) is 0 Å². The molecule has 0 bridgehead atoms. The van der Waals surface area contributed by atoms with E-state index in [0.29, 0.717) is 55.1 Å². The Bertz CT molecular complexity index is 1310. The molecule has 8 heteroatoms. The fourth-order valence-corrected chi connectivity index (χ4v) is 4.11. The van der Waals surface area contributed by atoms with Crippen molar-refractivity contribution in [3.05, 3.63) is 100 Å². The van der Waals surface area contributed by atoms with E-state index in [1.807, 2.05) is 13.0 Å². The number of anilines is 1. The van der Waals surface area contributed by atoms with Gasteiger partial charge in [0.15, 0.2) is 0 Å². The number of rotatable bonds is 5. The zero-order chi connectivity index (χ0) is 24.9. The highest BCUT2D eigenvalue weighted by Crippen LogP contribution is 2.24. The van der Waals surface area contributed by atoms with Gasteiger partial charge in [0.2, 0.25) is 0 Å². The topological polar surface area (TPSA) is 76.4 Å². The van der Waals surface area contributed by atoms with Gasteiger partial charge in [-0.05, 0) is 66.6 Å². The minimum Gasteiger partial charge on any atom is -0.336 e. The lowest BCUT2D eigenvalue weighted by Crippen LogP contribution is -2.48. The van der Waals surface area contributed by atoms with Crippen molar-refractivity contribution < 1.29 is 18.4 Å². The lowest BCUT2D eigenvalue weighted by atomic mass is 10.0. The first-order valence-electron chi connectivity index (χ1n) is 11.2. The Labute approximate surface area is 202 Å². The lowest BCUT2D eigenvalue weighted by Gasteiger charge is -2.35. The maximum Gasteiger partial charge on any atom is 0.255 e. The van der Waals surface area contributed by atoms with Gasteiger partial charge < -0.3 is 10.2 Å². The van der Waals surface area contributed by atoms with Crippen LogP contribution in [-0.4, -0.2) is 47.8 Å². The molecule has 0 radical (unpaired) electrons. The third kappa shape index (κ3) is 5.70. The second-order valence-corrected chi connectivity index (χ2v) is 8.46. The fourth-order valence-electron chi connectivity index (χ4n) is 4.11. The summed E-state index contributed by atoms with van der Waals surface area (Å²) in [6.07, 6.45) is 0. The number of nitrogens with one attached hydrogen (secondary N) is 1. The molecule has 0 unspecified atom stereocenters. The van der Waals surface area contributed by atoms with Gasteiger partial charge in [-0.3, -0.25) is 14.5 Å². The van der Waals surface area contributed by atoms with Crippen LogP contribution in [0.15, 0.2) is 60.7 Å². The van der Waals surface area contributed by atoms with Crippen molar-refractivity contribution >= 4 is 17.5 Å². The third-order valence-electron chi connectivity index (χ3n) is 6.11. The van der Waals surface area contributed by atoms with E-state index in [1.54, 1.807) is 29.2 Å². The zero-order valence-corrected chi connectivity index (χ0v) is 19.2. The SMILES string of the molecule is Cc1c(CN2CCN(C(=O)c3cccc(F)c3)CC2)cc(F)cc1NC(=O)c1cccc(C#N)c1. The Balaban J connectivity index is 1.42. The first-order chi connectivity index (χ1) is 16.8. The molecule has 3 aromatic carbocycles. The monoisotopic (exact) mass is 474 g/mol. The number of amides is 2. The third-order valence-corrected chi connectivity index (χ3v) is 6.11. The molecule has 3 aromatic rings. The second-order valence-electron chi connectivity index (χ2n) is 8.46. The molecule has 6 nitrogen and oxygen atoms in total. The minimum atomic E-state index is -0.466. The van der Waals surface area contributed by atoms with Crippen molar-refractivity contribution in [1.29, 1.82) is 5.26 Å². The van der Waals surface area contributed by atoms with Crippen LogP contribution in [0.2, 0.25) is 0 Å². The second kappa shape index (κ2) is 10.5. The van der Waals surface area contributed by atoms with E-state index in [0.717, 1.165) is 11.1 Å². The molecular weight excluding hydrogens is 450 g/mol. The number of hydrogen-bond acceptors (Lipinski definition) is 4. The Morgan fingerprint density at radius 2 is 1.66 bits per heavy atom. The van der Waals surface area contributed by atoms with E-state index in [-0.39, 0.29) is 5.91 Å². The summed E-state index contributed by atoms with van der Waals surface area (Å²) in [6.45, 7) is 4.39. The van der Waals surface area contributed by atoms with E-state index < -0.39 is 17.5 Å². The Kier molecular flexibility index (Phi) is 7.18. The molecule has 0 atom stereocenters. The quantitative estimate of drug-likeness (QED) is 0.596. The lowest BCUT2D eigenvalue weighted by molar-refractivity contribution is 0.0627. The summed E-state index contributed by atoms with van der Waals surface area (Å²) >= 11 is 0. The van der Waals surface area contributed by atoms with E-state index in [2.05, 4.69) is 10.2 Å². The first kappa shape index (κ1) is 24.0. The van der Waals surface area contributed by atoms with E-state index in [9.17, 15) is 18.4 Å². The van der Waals surface area contributed by atoms with Gasteiger partial charge in [-0.2, -0.15) is 5.26 Å². The van der Waals surface area contributed by atoms with Crippen molar-refractivity contribution in [1.82, 2.24) is 9.80 Å². The maximum absolute atomic E-state index is 14.4. The van der Waals surface area contributed by atoms with E-state index in [1.165, 1.54) is 36.4 Å². The molecule has 4 rings (SSSR count). The van der Waals surface area contributed by atoms with Gasteiger partial charge in [0, 0.05) is 49.5 Å². The largest absolute Gasteiger partial charge is 0.336 e. The summed E-state index contributed by atoms with van der Waals surface area (Å²) in [5, 5.41) is 11.8. The van der Waals surface area contributed by atoms with Gasteiger partial charge in [-0.1, -0.05) is 12.1 Å². The van der Waals surface area contributed by atoms with Crippen molar-refractivity contribution in [2.45, 2.75) is 13.5 Å². The molecule has 0 aliphatic carbocycles. The summed E-state index contributed by atoms with van der Waals surface area (Å²) in [4.78, 5) is 29.1. The number of piperazine rings is 1. The number of halogens is 2. The fraction of sp³-hybridized carbons (Fsp3) is 0.222. The minimum absolute atomic E-state index is 0.212. The van der Waals surface area contributed by atoms with Gasteiger partial charge in [0.1, 0.15) is 11.6 Å². The number of hydrogen-bond donors (Lipinski definition) is 1. The summed E-state index contributed by atoms with van der Waals surface area (Å²) in [5.74, 6) is -1.55. The van der Waals surface area contributed by atoms with E-state index in [4.69, 9.17) is 5.26 Å². The highest BCUT2D eigenvalue weighted by molar-refractivity contribution is 6.05. The van der Waals surface area contributed by atoms with Crippen LogP contribution in [0.5, 0.6) is 0 Å². The van der Waals surface area contributed by atoms with Gasteiger partial charge in [0.05, 0.1) is 11.6 Å². The van der Waals surface area contributed by atoms with Gasteiger partial charge in [-0.25, -0.2) is 8.78 Å². The molecule has 0 spiro atoms. The highest BCUT2D eigenvalue weighted by atomic mass is 19.1. The van der Waals surface area contributed by atoms with E-state index >= 15 is 0 Å². The first-order valence-corrected chi connectivity index (χ1v) is 11.2. The molecule has 1 fully saturated rings. The smallest absolute Gasteiger partial charge is 0.255 e. The molecule has 1 aliphatic rings. The van der Waals surface area contributed by atoms with Gasteiger partial charge in [0.25, 0.3) is 11.8 Å². The standard InChI is InChI=1S/C27H24F2N4O2/c1-18-22(14-24(29)15-25(18)31-26(34)20-5-2-4-19(12-20)16-30)17-32-8-10-33(11-9-32)27(35)21-6-3-7-23(28)13-21/h2-7,12-15H,8-11,17H2,1H3,(H,31,34). The molecule has 1 saturated heterocycles. The molecule has 0 saturated carbocycles. The molecule has 1 heterocycles. The Morgan fingerprint density at radius 3 is 2.37 bits per heavy atom. The van der Waals surface area contributed by atoms with Crippen molar-refractivity contribution in [2.24, 2.45) is 0 Å². The number of carbonyl (C=O) groups excluding carboxylic acids is 2. The maximum atomic E-state index is 14.4. The average molecular weight is 475 g/mol. The number of carbonyl (C=O) groups is 2. The molecule has 178 valence electrons. The van der Waals surface area contributed by atoms with Crippen molar-refractivity contribution in [2.75, 3.05) is 31.5 Å². The summed E-state index contributed by atoms with van der Waals surface area (Å²) in [6, 6.07) is 16.7. The predicted octanol–water partition coefficient (Wildman–Crippen LogP) is 4.36. The Hall–Kier alpha value is -4.09. The number of benzene rings is 3. The van der Waals surface area contributed by atoms with Crippen LogP contribution >= 0.6 is 0 Å². The highest BCUT2D eigenvalue weighted by Gasteiger charge is 2.23. The predicted molar refractivity (Wildman–Crippen MR) is 128 cm³/mol. The average Bonchev–Trinajstić information content (AvgIpc) is 2.86. The van der Waals surface area contributed by atoms with Crippen LogP contribution in [0, 0.1) is 29.9 Å². The Morgan fingerprint density at radius 1 is 0.943 bits per heavy atom. The summed E-state index contributed by atoms with van der Waals surface area (Å²) < 4.78 is 27.9. The summed E-state index contributed by atoms with van der Waals surface area (Å²) in [7, 11) is 0. The zero-order valence-electron chi connectivity index (χ0n) is 19.2. The van der Waals surface area contributed by atoms with Crippen LogP contribution in [0.1, 0.15) is 37.4 Å². The molecular formula is C27H24F2N4O2. The van der Waals surface area contributed by atoms with Gasteiger partial charge >= 0.3 is 0 Å². The normalized spacial score (nSPS) is 13.8. The number of nitrogens with zero attached hydrogens (tertiary/aromatic N) is 3. The van der Waals surface area contributed by atoms with Crippen LogP contribution in [0.3, 0.4) is 0 Å². The van der Waals surface area contributed by atoms with Crippen LogP contribution < -0.4 is 5.32 Å². The van der Waals surface area contributed by atoms with Crippen LogP contribution in [0.4, 0.5) is 14.5 Å². The molecule has 0 aromatic heterocycles. The van der Waals surface area contributed by atoms with Crippen molar-refractivity contribution in [3.8, 4) is 6.07 Å². The summed E-state index contributed by atoms with van der Waals surface area (Å²) in [5.41, 5.74) is 2.84. The van der Waals surface area contributed by atoms with Crippen LogP contribution in [-0.2, 0) is 6.54 Å². The molecule has 2 amide bonds. The number of nitriles is 1.